The van der Waals surface area contributed by atoms with Crippen LogP contribution >= 0.6 is 0 Å². The van der Waals surface area contributed by atoms with Crippen LogP contribution in [-0.4, -0.2) is 121 Å². The summed E-state index contributed by atoms with van der Waals surface area (Å²) in [5.74, 6) is 0. The highest BCUT2D eigenvalue weighted by atomic mass is 28.4. The smallest absolute Gasteiger partial charge is 0.192 e. The van der Waals surface area contributed by atoms with E-state index in [9.17, 15) is 0 Å². The van der Waals surface area contributed by atoms with Crippen LogP contribution in [0.2, 0.25) is 18.1 Å². The molecule has 0 aliphatic rings. The zero-order valence-corrected chi connectivity index (χ0v) is 27.9. The Bertz CT molecular complexity index is 504. The van der Waals surface area contributed by atoms with E-state index in [1.54, 1.807) is 0 Å². The molecule has 0 heterocycles. The summed E-state index contributed by atoms with van der Waals surface area (Å²) >= 11 is 0. The molecule has 0 unspecified atom stereocenters. The third-order valence-electron chi connectivity index (χ3n) is 6.74. The Balaban J connectivity index is 3.12. The molecule has 242 valence electrons. The molecule has 0 aromatic carbocycles. The number of ether oxygens (including phenoxy) is 8. The first-order valence-electron chi connectivity index (χ1n) is 15.6. The fourth-order valence-corrected chi connectivity index (χ4v) is 4.22. The van der Waals surface area contributed by atoms with E-state index in [0.717, 1.165) is 13.0 Å². The van der Waals surface area contributed by atoms with Gasteiger partial charge >= 0.3 is 0 Å². The Labute approximate surface area is 247 Å². The lowest BCUT2D eigenvalue weighted by atomic mass is 10.1. The van der Waals surface area contributed by atoms with E-state index in [4.69, 9.17) is 42.3 Å². The topological polar surface area (TPSA) is 83.1 Å². The average Bonchev–Trinajstić information content (AvgIpc) is 2.91. The molecular formula is C30H64O9Si. The molecule has 0 saturated heterocycles. The summed E-state index contributed by atoms with van der Waals surface area (Å²) in [6.07, 6.45) is 7.71. The van der Waals surface area contributed by atoms with Crippen molar-refractivity contribution in [2.24, 2.45) is 0 Å². The molecule has 40 heavy (non-hydrogen) atoms. The zero-order chi connectivity index (χ0) is 29.6. The second-order valence-electron chi connectivity index (χ2n) is 11.3. The van der Waals surface area contributed by atoms with Crippen molar-refractivity contribution in [3.63, 3.8) is 0 Å². The standard InChI is InChI=1S/C30H64O9Si/c1-7-8-9-10-11-12-13-31-14-15-32-16-17-33-18-19-34-20-21-35-22-23-36-24-25-37-26-27-38-28-29-39-40(5,6)30(2,3)4/h7-29H2,1-6H3. The summed E-state index contributed by atoms with van der Waals surface area (Å²) in [4.78, 5) is 0. The molecule has 0 aromatic rings. The van der Waals surface area contributed by atoms with Crippen molar-refractivity contribution < 1.29 is 42.3 Å². The summed E-state index contributed by atoms with van der Waals surface area (Å²) in [6, 6.07) is 0. The highest BCUT2D eigenvalue weighted by Gasteiger charge is 2.36. The Kier molecular flexibility index (Phi) is 28.8. The molecular weight excluding hydrogens is 532 g/mol. The fraction of sp³-hybridized carbons (Fsp3) is 1.00. The van der Waals surface area contributed by atoms with E-state index in [2.05, 4.69) is 40.8 Å². The maximum Gasteiger partial charge on any atom is 0.192 e. The van der Waals surface area contributed by atoms with Crippen LogP contribution in [0.5, 0.6) is 0 Å². The van der Waals surface area contributed by atoms with E-state index in [1.807, 2.05) is 0 Å². The van der Waals surface area contributed by atoms with Crippen molar-refractivity contribution >= 4 is 8.32 Å². The van der Waals surface area contributed by atoms with Gasteiger partial charge < -0.3 is 42.3 Å². The van der Waals surface area contributed by atoms with Crippen molar-refractivity contribution in [2.75, 3.05) is 112 Å². The molecule has 0 N–H and O–H groups in total. The molecule has 10 heteroatoms. The van der Waals surface area contributed by atoms with Crippen LogP contribution in [0.15, 0.2) is 0 Å². The Hall–Kier alpha value is -0.143. The molecule has 0 fully saturated rings. The molecule has 0 radical (unpaired) electrons. The average molecular weight is 597 g/mol. The molecule has 0 spiro atoms. The lowest BCUT2D eigenvalue weighted by Gasteiger charge is -2.36. The zero-order valence-electron chi connectivity index (χ0n) is 26.9. The van der Waals surface area contributed by atoms with Gasteiger partial charge in [-0.25, -0.2) is 0 Å². The van der Waals surface area contributed by atoms with Gasteiger partial charge in [-0.15, -0.1) is 0 Å². The minimum Gasteiger partial charge on any atom is -0.414 e. The maximum absolute atomic E-state index is 6.08. The van der Waals surface area contributed by atoms with Crippen LogP contribution in [0.1, 0.15) is 66.2 Å². The van der Waals surface area contributed by atoms with Crippen LogP contribution in [0.25, 0.3) is 0 Å². The SMILES string of the molecule is CCCCCCCCOCCOCCOCCOCCOCCOCCOCCOCCO[Si](C)(C)C(C)(C)C. The predicted molar refractivity (Wildman–Crippen MR) is 163 cm³/mol. The van der Waals surface area contributed by atoms with E-state index in [0.29, 0.717) is 106 Å². The van der Waals surface area contributed by atoms with Gasteiger partial charge in [0.1, 0.15) is 0 Å². The monoisotopic (exact) mass is 596 g/mol. The van der Waals surface area contributed by atoms with Gasteiger partial charge in [0, 0.05) is 6.61 Å². The summed E-state index contributed by atoms with van der Waals surface area (Å²) in [5, 5.41) is 0.225. The van der Waals surface area contributed by atoms with Gasteiger partial charge in [-0.05, 0) is 24.6 Å². The van der Waals surface area contributed by atoms with Gasteiger partial charge in [0.2, 0.25) is 0 Å². The van der Waals surface area contributed by atoms with Crippen molar-refractivity contribution in [2.45, 2.75) is 84.4 Å². The summed E-state index contributed by atoms with van der Waals surface area (Å²) < 4.78 is 50.3. The molecule has 0 rings (SSSR count). The van der Waals surface area contributed by atoms with Gasteiger partial charge in [-0.2, -0.15) is 0 Å². The van der Waals surface area contributed by atoms with Gasteiger partial charge in [0.15, 0.2) is 8.32 Å². The van der Waals surface area contributed by atoms with E-state index in [-0.39, 0.29) is 5.04 Å². The van der Waals surface area contributed by atoms with Crippen LogP contribution in [-0.2, 0) is 42.3 Å². The maximum atomic E-state index is 6.08. The van der Waals surface area contributed by atoms with E-state index >= 15 is 0 Å². The highest BCUT2D eigenvalue weighted by molar-refractivity contribution is 6.74. The van der Waals surface area contributed by atoms with E-state index in [1.165, 1.54) is 32.1 Å². The Morgan fingerprint density at radius 2 is 0.650 bits per heavy atom. The first-order chi connectivity index (χ1) is 19.3. The van der Waals surface area contributed by atoms with Crippen LogP contribution in [0, 0.1) is 0 Å². The number of hydrogen-bond donors (Lipinski definition) is 0. The minimum atomic E-state index is -1.69. The third kappa shape index (κ3) is 28.0. The van der Waals surface area contributed by atoms with Crippen LogP contribution in [0.4, 0.5) is 0 Å². The lowest BCUT2D eigenvalue weighted by Crippen LogP contribution is -2.41. The fourth-order valence-electron chi connectivity index (χ4n) is 3.20. The van der Waals surface area contributed by atoms with Gasteiger partial charge in [-0.3, -0.25) is 0 Å². The molecule has 0 bridgehead atoms. The quantitative estimate of drug-likeness (QED) is 0.0738. The molecule has 0 aliphatic heterocycles. The molecule has 0 aromatic heterocycles. The van der Waals surface area contributed by atoms with Gasteiger partial charge in [0.05, 0.1) is 106 Å². The number of rotatable bonds is 32. The first-order valence-corrected chi connectivity index (χ1v) is 18.5. The highest BCUT2D eigenvalue weighted by Crippen LogP contribution is 2.36. The van der Waals surface area contributed by atoms with Gasteiger partial charge in [0.25, 0.3) is 0 Å². The third-order valence-corrected chi connectivity index (χ3v) is 11.3. The second-order valence-corrected chi connectivity index (χ2v) is 16.1. The van der Waals surface area contributed by atoms with Crippen molar-refractivity contribution in [1.29, 1.82) is 0 Å². The van der Waals surface area contributed by atoms with Crippen molar-refractivity contribution in [3.05, 3.63) is 0 Å². The molecule has 0 aliphatic carbocycles. The summed E-state index contributed by atoms with van der Waals surface area (Å²) in [7, 11) is -1.69. The minimum absolute atomic E-state index is 0.225. The Morgan fingerprint density at radius 1 is 0.375 bits per heavy atom. The van der Waals surface area contributed by atoms with E-state index < -0.39 is 8.32 Å². The first kappa shape index (κ1) is 39.9. The second kappa shape index (κ2) is 29.0. The summed E-state index contributed by atoms with van der Waals surface area (Å²) in [5.41, 5.74) is 0. The predicted octanol–water partition coefficient (Wildman–Crippen LogP) is 5.50. The normalized spacial score (nSPS) is 12.4. The van der Waals surface area contributed by atoms with Crippen molar-refractivity contribution in [1.82, 2.24) is 0 Å². The molecule has 9 nitrogen and oxygen atoms in total. The lowest BCUT2D eigenvalue weighted by molar-refractivity contribution is -0.0237. The molecule has 0 atom stereocenters. The van der Waals surface area contributed by atoms with Crippen LogP contribution < -0.4 is 0 Å². The van der Waals surface area contributed by atoms with Crippen molar-refractivity contribution in [3.8, 4) is 0 Å². The molecule has 0 saturated carbocycles. The van der Waals surface area contributed by atoms with Crippen LogP contribution in [0.3, 0.4) is 0 Å². The number of hydrogen-bond acceptors (Lipinski definition) is 9. The largest absolute Gasteiger partial charge is 0.414 e. The van der Waals surface area contributed by atoms with Gasteiger partial charge in [-0.1, -0.05) is 59.8 Å². The summed E-state index contributed by atoms with van der Waals surface area (Å²) in [6.45, 7) is 23.4. The number of unbranched alkanes of at least 4 members (excludes halogenated alkanes) is 5. The Morgan fingerprint density at radius 3 is 0.975 bits per heavy atom. The molecule has 0 amide bonds.